The Morgan fingerprint density at radius 2 is 0.810 bits per heavy atom. The van der Waals surface area contributed by atoms with Gasteiger partial charge in [-0.2, -0.15) is 0 Å². The van der Waals surface area contributed by atoms with Crippen LogP contribution in [0.3, 0.4) is 0 Å². The molecule has 13 rings (SSSR count). The summed E-state index contributed by atoms with van der Waals surface area (Å²) in [7, 11) is 0. The highest BCUT2D eigenvalue weighted by Crippen LogP contribution is 2.40. The van der Waals surface area contributed by atoms with Crippen LogP contribution in [0.5, 0.6) is 0 Å². The highest BCUT2D eigenvalue weighted by atomic mass is 15.1. The Morgan fingerprint density at radius 3 is 1.54 bits per heavy atom. The Kier molecular flexibility index (Phi) is 7.84. The third-order valence-corrected chi connectivity index (χ3v) is 12.7. The predicted octanol–water partition coefficient (Wildman–Crippen LogP) is 14.8. The maximum absolute atomic E-state index is 5.38. The van der Waals surface area contributed by atoms with Gasteiger partial charge < -0.3 is 9.13 Å². The summed E-state index contributed by atoms with van der Waals surface area (Å²) in [5.74, 6) is 0.887. The van der Waals surface area contributed by atoms with Crippen molar-refractivity contribution in [2.45, 2.75) is 0 Å². The van der Waals surface area contributed by atoms with Crippen LogP contribution < -0.4 is 0 Å². The summed E-state index contributed by atoms with van der Waals surface area (Å²) in [5, 5.41) is 5.98. The van der Waals surface area contributed by atoms with E-state index in [0.29, 0.717) is 0 Å². The number of fused-ring (bicyclic) bond motifs is 9. The van der Waals surface area contributed by atoms with Gasteiger partial charge in [0.25, 0.3) is 0 Å². The number of pyridine rings is 2. The Morgan fingerprint density at radius 1 is 0.286 bits per heavy atom. The fourth-order valence-corrected chi connectivity index (χ4v) is 9.82. The van der Waals surface area contributed by atoms with Crippen LogP contribution in [0, 0.1) is 0 Å². The highest BCUT2D eigenvalue weighted by Gasteiger charge is 2.19. The molecule has 5 heterocycles. The lowest BCUT2D eigenvalue weighted by Gasteiger charge is -2.13. The molecular formula is C58H37N5. The van der Waals surface area contributed by atoms with Crippen molar-refractivity contribution in [3.8, 4) is 50.7 Å². The van der Waals surface area contributed by atoms with Crippen LogP contribution in [0.2, 0.25) is 0 Å². The zero-order valence-electron chi connectivity index (χ0n) is 34.1. The molecule has 5 aromatic heterocycles. The Balaban J connectivity index is 0.957. The van der Waals surface area contributed by atoms with Gasteiger partial charge >= 0.3 is 0 Å². The summed E-state index contributed by atoms with van der Waals surface area (Å²) in [6, 6.07) is 78.4. The maximum Gasteiger partial charge on any atom is 0.138 e. The summed E-state index contributed by atoms with van der Waals surface area (Å²) in [4.78, 5) is 10.1. The van der Waals surface area contributed by atoms with Crippen molar-refractivity contribution in [1.29, 1.82) is 0 Å². The molecule has 0 spiro atoms. The SMILES string of the molecule is c1ccc(-c2cc(-c3ccccc3)nc(-n3c4ccccc4c4ccc(-c5ccc6c(c5)c5ccccc5n6-c5ccc(-n6c7ccccc7c7ncccc76)cc5)cc43)c2)cc1. The van der Waals surface area contributed by atoms with E-state index in [1.54, 1.807) is 0 Å². The topological polar surface area (TPSA) is 40.6 Å². The second kappa shape index (κ2) is 14.0. The van der Waals surface area contributed by atoms with Crippen LogP contribution in [0.1, 0.15) is 0 Å². The van der Waals surface area contributed by atoms with E-state index < -0.39 is 0 Å². The first-order valence-electron chi connectivity index (χ1n) is 21.4. The molecule has 0 saturated heterocycles. The molecule has 0 N–H and O–H groups in total. The Labute approximate surface area is 363 Å². The van der Waals surface area contributed by atoms with E-state index in [1.807, 2.05) is 12.3 Å². The number of benzene rings is 8. The van der Waals surface area contributed by atoms with Crippen LogP contribution >= 0.6 is 0 Å². The zero-order chi connectivity index (χ0) is 41.4. The first-order chi connectivity index (χ1) is 31.2. The number of nitrogens with zero attached hydrogens (tertiary/aromatic N) is 5. The van der Waals surface area contributed by atoms with Crippen LogP contribution in [-0.4, -0.2) is 23.7 Å². The average Bonchev–Trinajstić information content (AvgIpc) is 4.00. The summed E-state index contributed by atoms with van der Waals surface area (Å²) in [5.41, 5.74) is 16.7. The largest absolute Gasteiger partial charge is 0.309 e. The van der Waals surface area contributed by atoms with Crippen LogP contribution in [0.15, 0.2) is 225 Å². The molecule has 0 radical (unpaired) electrons. The summed E-state index contributed by atoms with van der Waals surface area (Å²) >= 11 is 0. The Hall–Kier alpha value is -8.54. The molecule has 0 unspecified atom stereocenters. The standard InChI is InChI=1S/C58H37N5/c1-3-14-38(15-4-1)42-35-50(39-16-5-2-6-17-39)60-57(37-42)63-52-22-11-7-18-45(52)47-31-25-41(36-56(47)63)40-26-32-54-49(34-40)46-19-8-10-21-51(46)61(54)43-27-29-44(30-28-43)62-53-23-12-9-20-48(53)58-55(62)24-13-33-59-58/h1-37H. The highest BCUT2D eigenvalue weighted by molar-refractivity contribution is 6.13. The van der Waals surface area contributed by atoms with Gasteiger partial charge in [0.1, 0.15) is 5.82 Å². The molecule has 0 aliphatic carbocycles. The van der Waals surface area contributed by atoms with E-state index in [0.717, 1.165) is 83.7 Å². The van der Waals surface area contributed by atoms with E-state index in [2.05, 4.69) is 226 Å². The van der Waals surface area contributed by atoms with Crippen molar-refractivity contribution < 1.29 is 0 Å². The molecule has 63 heavy (non-hydrogen) atoms. The van der Waals surface area contributed by atoms with E-state index in [9.17, 15) is 0 Å². The molecule has 5 nitrogen and oxygen atoms in total. The van der Waals surface area contributed by atoms with Gasteiger partial charge in [0.15, 0.2) is 0 Å². The molecule has 0 atom stereocenters. The first kappa shape index (κ1) is 35.2. The molecule has 8 aromatic carbocycles. The lowest BCUT2D eigenvalue weighted by Crippen LogP contribution is -2.00. The van der Waals surface area contributed by atoms with Gasteiger partial charge in [0.05, 0.1) is 44.3 Å². The minimum Gasteiger partial charge on any atom is -0.309 e. The summed E-state index contributed by atoms with van der Waals surface area (Å²) in [6.07, 6.45) is 1.87. The van der Waals surface area contributed by atoms with Gasteiger partial charge in [-0.25, -0.2) is 4.98 Å². The number of hydrogen-bond acceptors (Lipinski definition) is 2. The van der Waals surface area contributed by atoms with Crippen LogP contribution in [0.4, 0.5) is 0 Å². The molecular weight excluding hydrogens is 767 g/mol. The molecule has 0 saturated carbocycles. The van der Waals surface area contributed by atoms with E-state index in [4.69, 9.17) is 9.97 Å². The first-order valence-corrected chi connectivity index (χ1v) is 21.4. The Bertz CT molecular complexity index is 3780. The van der Waals surface area contributed by atoms with Crippen LogP contribution in [0.25, 0.3) is 116 Å². The number of hydrogen-bond donors (Lipinski definition) is 0. The fourth-order valence-electron chi connectivity index (χ4n) is 9.82. The molecule has 0 bridgehead atoms. The van der Waals surface area contributed by atoms with Crippen molar-refractivity contribution >= 4 is 65.5 Å². The smallest absolute Gasteiger partial charge is 0.138 e. The molecule has 0 aliphatic heterocycles. The number of rotatable bonds is 6. The maximum atomic E-state index is 5.38. The van der Waals surface area contributed by atoms with E-state index in [-0.39, 0.29) is 0 Å². The van der Waals surface area contributed by atoms with Gasteiger partial charge in [-0.05, 0) is 107 Å². The summed E-state index contributed by atoms with van der Waals surface area (Å²) < 4.78 is 7.05. The van der Waals surface area contributed by atoms with Crippen molar-refractivity contribution in [2.75, 3.05) is 0 Å². The van der Waals surface area contributed by atoms with Crippen molar-refractivity contribution in [3.63, 3.8) is 0 Å². The van der Waals surface area contributed by atoms with Crippen molar-refractivity contribution in [1.82, 2.24) is 23.7 Å². The average molecular weight is 804 g/mol. The second-order valence-corrected chi connectivity index (χ2v) is 16.2. The minimum atomic E-state index is 0.887. The lowest BCUT2D eigenvalue weighted by atomic mass is 10.0. The van der Waals surface area contributed by atoms with Gasteiger partial charge in [0.2, 0.25) is 0 Å². The molecule has 5 heteroatoms. The van der Waals surface area contributed by atoms with Gasteiger partial charge in [-0.15, -0.1) is 0 Å². The van der Waals surface area contributed by atoms with Crippen molar-refractivity contribution in [2.24, 2.45) is 0 Å². The quantitative estimate of drug-likeness (QED) is 0.168. The fraction of sp³-hybridized carbons (Fsp3) is 0. The normalized spacial score (nSPS) is 11.8. The molecule has 0 fully saturated rings. The van der Waals surface area contributed by atoms with Gasteiger partial charge in [0, 0.05) is 50.1 Å². The van der Waals surface area contributed by atoms with E-state index >= 15 is 0 Å². The lowest BCUT2D eigenvalue weighted by molar-refractivity contribution is 1.08. The molecule has 0 amide bonds. The molecule has 13 aromatic rings. The van der Waals surface area contributed by atoms with E-state index in [1.165, 1.54) is 32.6 Å². The van der Waals surface area contributed by atoms with Gasteiger partial charge in [-0.1, -0.05) is 133 Å². The third kappa shape index (κ3) is 5.57. The third-order valence-electron chi connectivity index (χ3n) is 12.7. The second-order valence-electron chi connectivity index (χ2n) is 16.2. The predicted molar refractivity (Wildman–Crippen MR) is 261 cm³/mol. The molecule has 294 valence electrons. The van der Waals surface area contributed by atoms with Gasteiger partial charge in [-0.3, -0.25) is 9.55 Å². The van der Waals surface area contributed by atoms with Crippen LogP contribution in [-0.2, 0) is 0 Å². The zero-order valence-corrected chi connectivity index (χ0v) is 34.1. The molecule has 0 aliphatic rings. The van der Waals surface area contributed by atoms with Crippen molar-refractivity contribution in [3.05, 3.63) is 225 Å². The number of aromatic nitrogens is 5. The monoisotopic (exact) mass is 803 g/mol. The number of para-hydroxylation sites is 3. The summed E-state index contributed by atoms with van der Waals surface area (Å²) in [6.45, 7) is 0. The minimum absolute atomic E-state index is 0.887.